The topological polar surface area (TPSA) is 55.0 Å². The van der Waals surface area contributed by atoms with Crippen LogP contribution in [-0.4, -0.2) is 23.1 Å². The van der Waals surface area contributed by atoms with Crippen molar-refractivity contribution in [2.24, 2.45) is 5.92 Å². The Morgan fingerprint density at radius 3 is 2.38 bits per heavy atom. The van der Waals surface area contributed by atoms with Gasteiger partial charge in [0.1, 0.15) is 12.0 Å². The van der Waals surface area contributed by atoms with Crippen LogP contribution in [0, 0.1) is 5.92 Å². The van der Waals surface area contributed by atoms with E-state index in [2.05, 4.69) is 30.6 Å². The zero-order valence-electron chi connectivity index (χ0n) is 15.5. The second-order valence-corrected chi connectivity index (χ2v) is 5.53. The fraction of sp³-hybridized carbons (Fsp3) is 0.500. The molecule has 0 fully saturated rings. The maximum atomic E-state index is 8.81. The molecule has 24 heavy (non-hydrogen) atoms. The molecule has 0 aliphatic rings. The van der Waals surface area contributed by atoms with Crippen molar-refractivity contribution in [1.29, 1.82) is 0 Å². The molecule has 4 heteroatoms. The van der Waals surface area contributed by atoms with Crippen LogP contribution >= 0.6 is 0 Å². The molecule has 134 valence electrons. The standard InChI is InChI=1S/C18H28N2O.C2H4O/c1-5-8-16(9-6-2)14-21-18(7-3)11-10-15(4)17-12-19-20-13-17;1-2-3/h7,10-13,16H,4-6,8-9,14H2,1-3H3,(H,19,20);2H,1H3/b11-10-,18-7+;. The molecule has 1 aromatic heterocycles. The summed E-state index contributed by atoms with van der Waals surface area (Å²) >= 11 is 0. The van der Waals surface area contributed by atoms with Crippen molar-refractivity contribution >= 4 is 11.9 Å². The normalized spacial score (nSPS) is 11.3. The maximum Gasteiger partial charge on any atom is 0.116 e. The highest BCUT2D eigenvalue weighted by atomic mass is 16.5. The van der Waals surface area contributed by atoms with Crippen LogP contribution in [-0.2, 0) is 9.53 Å². The van der Waals surface area contributed by atoms with Gasteiger partial charge in [-0.05, 0) is 50.3 Å². The summed E-state index contributed by atoms with van der Waals surface area (Å²) in [4.78, 5) is 8.81. The average Bonchev–Trinajstić information content (AvgIpc) is 3.10. The number of aromatic nitrogens is 2. The molecule has 0 radical (unpaired) electrons. The number of H-pyrrole nitrogens is 1. The third kappa shape index (κ3) is 9.82. The molecular formula is C20H32N2O2. The predicted octanol–water partition coefficient (Wildman–Crippen LogP) is 5.32. The molecule has 0 amide bonds. The summed E-state index contributed by atoms with van der Waals surface area (Å²) < 4.78 is 5.94. The summed E-state index contributed by atoms with van der Waals surface area (Å²) in [6, 6.07) is 0. The Morgan fingerprint density at radius 1 is 1.29 bits per heavy atom. The van der Waals surface area contributed by atoms with Crippen LogP contribution in [0.4, 0.5) is 0 Å². The van der Waals surface area contributed by atoms with E-state index in [1.807, 2.05) is 31.3 Å². The van der Waals surface area contributed by atoms with Crippen LogP contribution < -0.4 is 0 Å². The second kappa shape index (κ2) is 14.5. The van der Waals surface area contributed by atoms with Crippen molar-refractivity contribution in [2.75, 3.05) is 6.61 Å². The van der Waals surface area contributed by atoms with E-state index in [0.29, 0.717) is 5.92 Å². The fourth-order valence-electron chi connectivity index (χ4n) is 2.27. The van der Waals surface area contributed by atoms with Gasteiger partial charge in [-0.1, -0.05) is 39.3 Å². The molecule has 1 aromatic rings. The molecule has 4 nitrogen and oxygen atoms in total. The van der Waals surface area contributed by atoms with Crippen LogP contribution in [0.2, 0.25) is 0 Å². The molecule has 1 rings (SSSR count). The predicted molar refractivity (Wildman–Crippen MR) is 102 cm³/mol. The summed E-state index contributed by atoms with van der Waals surface area (Å²) in [5.74, 6) is 1.55. The van der Waals surface area contributed by atoms with Crippen LogP contribution in [0.5, 0.6) is 0 Å². The number of ether oxygens (including phenoxy) is 1. The van der Waals surface area contributed by atoms with Crippen LogP contribution in [0.1, 0.15) is 58.9 Å². The van der Waals surface area contributed by atoms with Crippen LogP contribution in [0.25, 0.3) is 5.57 Å². The fourth-order valence-corrected chi connectivity index (χ4v) is 2.27. The van der Waals surface area contributed by atoms with Crippen LogP contribution in [0.3, 0.4) is 0 Å². The molecule has 0 aliphatic heterocycles. The van der Waals surface area contributed by atoms with Gasteiger partial charge in [-0.25, -0.2) is 0 Å². The van der Waals surface area contributed by atoms with Crippen LogP contribution in [0.15, 0.2) is 43.0 Å². The van der Waals surface area contributed by atoms with Gasteiger partial charge in [-0.3, -0.25) is 5.10 Å². The first-order valence-electron chi connectivity index (χ1n) is 8.67. The number of aldehydes is 1. The van der Waals surface area contributed by atoms with E-state index >= 15 is 0 Å². The van der Waals surface area contributed by atoms with Gasteiger partial charge in [-0.15, -0.1) is 0 Å². The van der Waals surface area contributed by atoms with E-state index in [1.165, 1.54) is 32.6 Å². The monoisotopic (exact) mass is 332 g/mol. The first-order valence-corrected chi connectivity index (χ1v) is 8.67. The number of nitrogens with one attached hydrogen (secondary N) is 1. The summed E-state index contributed by atoms with van der Waals surface area (Å²) in [5, 5.41) is 6.72. The zero-order valence-corrected chi connectivity index (χ0v) is 15.5. The lowest BCUT2D eigenvalue weighted by Gasteiger charge is -2.16. The largest absolute Gasteiger partial charge is 0.494 e. The Labute approximate surface area is 146 Å². The first kappa shape index (κ1) is 21.9. The van der Waals surface area contributed by atoms with Gasteiger partial charge >= 0.3 is 0 Å². The molecule has 0 saturated carbocycles. The minimum Gasteiger partial charge on any atom is -0.494 e. The van der Waals surface area contributed by atoms with Crippen molar-refractivity contribution in [3.8, 4) is 0 Å². The number of carbonyl (C=O) groups excluding carboxylic acids is 1. The number of hydrogen-bond acceptors (Lipinski definition) is 3. The number of aromatic amines is 1. The number of hydrogen-bond donors (Lipinski definition) is 1. The summed E-state index contributed by atoms with van der Waals surface area (Å²) in [6.07, 6.45) is 15.2. The lowest BCUT2D eigenvalue weighted by Crippen LogP contribution is -2.08. The number of carbonyl (C=O) groups is 1. The summed E-state index contributed by atoms with van der Waals surface area (Å²) in [7, 11) is 0. The van der Waals surface area contributed by atoms with Gasteiger partial charge in [0.15, 0.2) is 0 Å². The number of nitrogens with zero attached hydrogens (tertiary/aromatic N) is 1. The Balaban J connectivity index is 0.00000163. The van der Waals surface area contributed by atoms with E-state index in [1.54, 1.807) is 6.20 Å². The molecule has 0 bridgehead atoms. The Kier molecular flexibility index (Phi) is 13.2. The SMILES string of the molecule is C=C(/C=C\C(=C/C)OCC(CCC)CCC)c1cn[nH]c1.CC=O. The molecule has 0 aliphatic carbocycles. The molecule has 0 saturated heterocycles. The van der Waals surface area contributed by atoms with Gasteiger partial charge in [-0.2, -0.15) is 5.10 Å². The van der Waals surface area contributed by atoms with Gasteiger partial charge in [0, 0.05) is 11.8 Å². The van der Waals surface area contributed by atoms with Crippen molar-refractivity contribution in [1.82, 2.24) is 10.2 Å². The Hall–Kier alpha value is -2.10. The highest BCUT2D eigenvalue weighted by Crippen LogP contribution is 2.17. The minimum absolute atomic E-state index is 0.653. The van der Waals surface area contributed by atoms with E-state index in [9.17, 15) is 0 Å². The average molecular weight is 332 g/mol. The second-order valence-electron chi connectivity index (χ2n) is 5.53. The quantitative estimate of drug-likeness (QED) is 0.358. The molecule has 0 atom stereocenters. The Bertz CT molecular complexity index is 496. The lowest BCUT2D eigenvalue weighted by molar-refractivity contribution is -0.106. The molecule has 1 N–H and O–H groups in total. The molecule has 0 aromatic carbocycles. The smallest absolute Gasteiger partial charge is 0.116 e. The highest BCUT2D eigenvalue weighted by Gasteiger charge is 2.07. The van der Waals surface area contributed by atoms with Crippen molar-refractivity contribution in [3.05, 3.63) is 48.5 Å². The maximum absolute atomic E-state index is 8.81. The molecule has 0 spiro atoms. The van der Waals surface area contributed by atoms with Gasteiger partial charge in [0.2, 0.25) is 0 Å². The van der Waals surface area contributed by atoms with E-state index in [0.717, 1.165) is 29.8 Å². The number of rotatable bonds is 10. The van der Waals surface area contributed by atoms with Crippen molar-refractivity contribution in [3.63, 3.8) is 0 Å². The van der Waals surface area contributed by atoms with Crippen molar-refractivity contribution < 1.29 is 9.53 Å². The van der Waals surface area contributed by atoms with E-state index in [-0.39, 0.29) is 0 Å². The minimum atomic E-state index is 0.653. The van der Waals surface area contributed by atoms with E-state index < -0.39 is 0 Å². The first-order chi connectivity index (χ1) is 11.6. The third-order valence-corrected chi connectivity index (χ3v) is 3.48. The molecule has 0 unspecified atom stereocenters. The third-order valence-electron chi connectivity index (χ3n) is 3.48. The van der Waals surface area contributed by atoms with Gasteiger partial charge in [0.25, 0.3) is 0 Å². The Morgan fingerprint density at radius 2 is 1.92 bits per heavy atom. The zero-order chi connectivity index (χ0) is 18.2. The summed E-state index contributed by atoms with van der Waals surface area (Å²) in [5.41, 5.74) is 1.92. The number of allylic oxidation sites excluding steroid dienone is 4. The molecular weight excluding hydrogens is 300 g/mol. The molecule has 1 heterocycles. The summed E-state index contributed by atoms with van der Waals surface area (Å²) in [6.45, 7) is 12.7. The van der Waals surface area contributed by atoms with Gasteiger partial charge < -0.3 is 9.53 Å². The van der Waals surface area contributed by atoms with Crippen molar-refractivity contribution in [2.45, 2.75) is 53.4 Å². The lowest BCUT2D eigenvalue weighted by atomic mass is 9.99. The van der Waals surface area contributed by atoms with E-state index in [4.69, 9.17) is 9.53 Å². The van der Waals surface area contributed by atoms with Gasteiger partial charge in [0.05, 0.1) is 12.8 Å². The highest BCUT2D eigenvalue weighted by molar-refractivity contribution is 5.71.